The van der Waals surface area contributed by atoms with Gasteiger partial charge in [-0.3, -0.25) is 4.79 Å². The van der Waals surface area contributed by atoms with Gasteiger partial charge in [0.15, 0.2) is 18.1 Å². The van der Waals surface area contributed by atoms with Crippen LogP contribution in [0.25, 0.3) is 10.8 Å². The Labute approximate surface area is 185 Å². The Morgan fingerprint density at radius 1 is 1.03 bits per heavy atom. The highest BCUT2D eigenvalue weighted by Crippen LogP contribution is 2.35. The summed E-state index contributed by atoms with van der Waals surface area (Å²) in [6.07, 6.45) is 1.51. The Hall–Kier alpha value is -2.58. The summed E-state index contributed by atoms with van der Waals surface area (Å²) in [6.45, 7) is -0.144. The number of rotatable bonds is 7. The van der Waals surface area contributed by atoms with E-state index in [1.54, 1.807) is 26.4 Å². The SMILES string of the molecule is COc1cc(/C=N\NC(=O)COc2ccc3cc(Br)ccc3c2)cc(Br)c1OC. The quantitative estimate of drug-likeness (QED) is 0.354. The molecule has 150 valence electrons. The third-order valence-electron chi connectivity index (χ3n) is 4.00. The van der Waals surface area contributed by atoms with Crippen molar-refractivity contribution in [3.63, 3.8) is 0 Å². The van der Waals surface area contributed by atoms with Gasteiger partial charge in [-0.15, -0.1) is 0 Å². The van der Waals surface area contributed by atoms with Crippen LogP contribution in [0.2, 0.25) is 0 Å². The van der Waals surface area contributed by atoms with E-state index in [0.29, 0.717) is 17.2 Å². The van der Waals surface area contributed by atoms with E-state index in [9.17, 15) is 4.79 Å². The molecule has 0 heterocycles. The van der Waals surface area contributed by atoms with Crippen molar-refractivity contribution < 1.29 is 19.0 Å². The number of nitrogens with zero attached hydrogens (tertiary/aromatic N) is 1. The minimum absolute atomic E-state index is 0.144. The third-order valence-corrected chi connectivity index (χ3v) is 5.08. The van der Waals surface area contributed by atoms with Gasteiger partial charge in [0, 0.05) is 4.47 Å². The molecule has 29 heavy (non-hydrogen) atoms. The molecule has 0 aliphatic rings. The predicted octanol–water partition coefficient (Wildman–Crippen LogP) is 4.91. The van der Waals surface area contributed by atoms with E-state index < -0.39 is 0 Å². The van der Waals surface area contributed by atoms with Crippen molar-refractivity contribution in [3.8, 4) is 17.2 Å². The monoisotopic (exact) mass is 520 g/mol. The zero-order valence-electron chi connectivity index (χ0n) is 15.7. The molecule has 0 atom stereocenters. The number of hydrazone groups is 1. The Balaban J connectivity index is 1.57. The number of fused-ring (bicyclic) bond motifs is 1. The molecule has 1 N–H and O–H groups in total. The van der Waals surface area contributed by atoms with E-state index in [-0.39, 0.29) is 12.5 Å². The lowest BCUT2D eigenvalue weighted by atomic mass is 10.1. The van der Waals surface area contributed by atoms with Crippen LogP contribution in [0.5, 0.6) is 17.2 Å². The molecular weight excluding hydrogens is 504 g/mol. The van der Waals surface area contributed by atoms with Crippen molar-refractivity contribution in [2.45, 2.75) is 0 Å². The highest BCUT2D eigenvalue weighted by Gasteiger charge is 2.09. The van der Waals surface area contributed by atoms with Crippen LogP contribution in [0.1, 0.15) is 5.56 Å². The second-order valence-electron chi connectivity index (χ2n) is 5.97. The van der Waals surface area contributed by atoms with E-state index >= 15 is 0 Å². The zero-order valence-corrected chi connectivity index (χ0v) is 18.9. The number of nitrogens with one attached hydrogen (secondary N) is 1. The molecule has 0 aliphatic heterocycles. The number of halogens is 2. The molecule has 0 saturated carbocycles. The zero-order chi connectivity index (χ0) is 20.8. The van der Waals surface area contributed by atoms with Gasteiger partial charge in [-0.2, -0.15) is 5.10 Å². The van der Waals surface area contributed by atoms with Crippen molar-refractivity contribution >= 4 is 54.8 Å². The average Bonchev–Trinajstić information content (AvgIpc) is 2.71. The second kappa shape index (κ2) is 9.76. The second-order valence-corrected chi connectivity index (χ2v) is 7.74. The highest BCUT2D eigenvalue weighted by molar-refractivity contribution is 9.10. The van der Waals surface area contributed by atoms with Crippen LogP contribution < -0.4 is 19.6 Å². The summed E-state index contributed by atoms with van der Waals surface area (Å²) in [5.74, 6) is 1.39. The molecule has 6 nitrogen and oxygen atoms in total. The topological polar surface area (TPSA) is 69.2 Å². The summed E-state index contributed by atoms with van der Waals surface area (Å²) < 4.78 is 17.8. The Kier molecular flexibility index (Phi) is 7.11. The van der Waals surface area contributed by atoms with Gasteiger partial charge in [-0.05, 0) is 68.7 Å². The van der Waals surface area contributed by atoms with E-state index in [2.05, 4.69) is 42.4 Å². The molecule has 8 heteroatoms. The van der Waals surface area contributed by atoms with Gasteiger partial charge in [-0.1, -0.05) is 28.1 Å². The largest absolute Gasteiger partial charge is 0.493 e. The molecule has 3 aromatic carbocycles. The molecule has 3 aromatic rings. The van der Waals surface area contributed by atoms with Crippen LogP contribution >= 0.6 is 31.9 Å². The maximum Gasteiger partial charge on any atom is 0.277 e. The normalized spacial score (nSPS) is 10.9. The maximum absolute atomic E-state index is 12.0. The first-order valence-electron chi connectivity index (χ1n) is 8.55. The highest BCUT2D eigenvalue weighted by atomic mass is 79.9. The fraction of sp³-hybridized carbons (Fsp3) is 0.143. The molecule has 0 aliphatic carbocycles. The van der Waals surface area contributed by atoms with Crippen molar-refractivity contribution in [1.82, 2.24) is 5.43 Å². The summed E-state index contributed by atoms with van der Waals surface area (Å²) in [7, 11) is 3.11. The van der Waals surface area contributed by atoms with Crippen molar-refractivity contribution in [3.05, 3.63) is 63.0 Å². The van der Waals surface area contributed by atoms with Crippen LogP contribution in [-0.4, -0.2) is 32.9 Å². The third kappa shape index (κ3) is 5.48. The van der Waals surface area contributed by atoms with Gasteiger partial charge in [0.2, 0.25) is 0 Å². The van der Waals surface area contributed by atoms with E-state index in [1.807, 2.05) is 36.4 Å². The molecule has 1 amide bonds. The van der Waals surface area contributed by atoms with Crippen LogP contribution in [0.3, 0.4) is 0 Å². The van der Waals surface area contributed by atoms with E-state index in [0.717, 1.165) is 25.3 Å². The lowest BCUT2D eigenvalue weighted by Gasteiger charge is -2.10. The Morgan fingerprint density at radius 2 is 1.79 bits per heavy atom. The fourth-order valence-electron chi connectivity index (χ4n) is 2.66. The maximum atomic E-state index is 12.0. The van der Waals surface area contributed by atoms with Crippen molar-refractivity contribution in [1.29, 1.82) is 0 Å². The first-order valence-corrected chi connectivity index (χ1v) is 10.1. The van der Waals surface area contributed by atoms with E-state index in [4.69, 9.17) is 14.2 Å². The van der Waals surface area contributed by atoms with Gasteiger partial charge >= 0.3 is 0 Å². The number of carbonyl (C=O) groups excluding carboxylic acids is 1. The summed E-state index contributed by atoms with van der Waals surface area (Å²) >= 11 is 6.86. The van der Waals surface area contributed by atoms with Gasteiger partial charge in [0.05, 0.1) is 24.9 Å². The van der Waals surface area contributed by atoms with Crippen molar-refractivity contribution in [2.24, 2.45) is 5.10 Å². The fourth-order valence-corrected chi connectivity index (χ4v) is 3.66. The van der Waals surface area contributed by atoms with Gasteiger partial charge in [0.1, 0.15) is 5.75 Å². The molecular formula is C21H18Br2N2O4. The van der Waals surface area contributed by atoms with Crippen LogP contribution in [-0.2, 0) is 4.79 Å². The molecule has 0 aromatic heterocycles. The smallest absolute Gasteiger partial charge is 0.277 e. The molecule has 0 spiro atoms. The number of amides is 1. The minimum Gasteiger partial charge on any atom is -0.493 e. The van der Waals surface area contributed by atoms with Crippen LogP contribution in [0.4, 0.5) is 0 Å². The number of hydrogen-bond acceptors (Lipinski definition) is 5. The predicted molar refractivity (Wildman–Crippen MR) is 120 cm³/mol. The number of ether oxygens (including phenoxy) is 3. The average molecular weight is 522 g/mol. The standard InChI is InChI=1S/C21H18Br2N2O4/c1-27-19-8-13(7-18(23)21(19)28-2)11-24-25-20(26)12-29-17-6-4-14-9-16(22)5-3-15(14)10-17/h3-11H,12H2,1-2H3,(H,25,26)/b24-11-. The number of hydrogen-bond donors (Lipinski definition) is 1. The summed E-state index contributed by atoms with van der Waals surface area (Å²) in [5.41, 5.74) is 3.18. The van der Waals surface area contributed by atoms with Gasteiger partial charge in [-0.25, -0.2) is 5.43 Å². The minimum atomic E-state index is -0.364. The molecule has 3 rings (SSSR count). The molecule has 0 radical (unpaired) electrons. The van der Waals surface area contributed by atoms with Crippen LogP contribution in [0, 0.1) is 0 Å². The number of carbonyl (C=O) groups is 1. The molecule has 0 unspecified atom stereocenters. The first-order chi connectivity index (χ1) is 14.0. The number of benzene rings is 3. The lowest BCUT2D eigenvalue weighted by Crippen LogP contribution is -2.24. The summed E-state index contributed by atoms with van der Waals surface area (Å²) in [5, 5.41) is 6.07. The van der Waals surface area contributed by atoms with Crippen molar-refractivity contribution in [2.75, 3.05) is 20.8 Å². The summed E-state index contributed by atoms with van der Waals surface area (Å²) in [6, 6.07) is 15.2. The number of methoxy groups -OCH3 is 2. The molecule has 0 bridgehead atoms. The lowest BCUT2D eigenvalue weighted by molar-refractivity contribution is -0.123. The van der Waals surface area contributed by atoms with E-state index in [1.165, 1.54) is 6.21 Å². The van der Waals surface area contributed by atoms with Gasteiger partial charge < -0.3 is 14.2 Å². The van der Waals surface area contributed by atoms with Crippen LogP contribution in [0.15, 0.2) is 62.6 Å². The molecule has 0 fully saturated rings. The Bertz CT molecular complexity index is 1070. The van der Waals surface area contributed by atoms with Gasteiger partial charge in [0.25, 0.3) is 5.91 Å². The molecule has 0 saturated heterocycles. The Morgan fingerprint density at radius 3 is 2.55 bits per heavy atom. The first kappa shape index (κ1) is 21.1. The summed E-state index contributed by atoms with van der Waals surface area (Å²) in [4.78, 5) is 12.0.